The molecule has 0 aromatic heterocycles. The molecule has 0 bridgehead atoms. The largest absolute Gasteiger partial charge is 4.00 e. The maximum absolute atomic E-state index is 5.63. The molecule has 2 nitrogen and oxygen atoms in total. The summed E-state index contributed by atoms with van der Waals surface area (Å²) in [5.41, 5.74) is 1.10. The maximum atomic E-state index is 5.63. The molecule has 0 N–H and O–H groups in total. The van der Waals surface area contributed by atoms with Crippen molar-refractivity contribution >= 4 is 8.24 Å². The van der Waals surface area contributed by atoms with E-state index in [1.165, 1.54) is 76.9 Å². The zero-order chi connectivity index (χ0) is 18.1. The third-order valence-corrected chi connectivity index (χ3v) is 12.2. The average molecular weight is 457 g/mol. The average Bonchev–Trinajstić information content (AvgIpc) is 3.18. The van der Waals surface area contributed by atoms with E-state index in [-0.39, 0.29) is 49.5 Å². The van der Waals surface area contributed by atoms with Gasteiger partial charge in [0.1, 0.15) is 0 Å². The van der Waals surface area contributed by atoms with E-state index in [4.69, 9.17) is 4.98 Å². The molecular formula is C25H52N2SiTi. The normalized spacial score (nSPS) is 31.3. The van der Waals surface area contributed by atoms with Gasteiger partial charge in [0, 0.05) is 6.04 Å². The maximum Gasteiger partial charge on any atom is 4.00 e. The van der Waals surface area contributed by atoms with Crippen LogP contribution in [0.5, 0.6) is 0 Å². The fraction of sp³-hybridized carbons (Fsp3) is 0.880. The van der Waals surface area contributed by atoms with Gasteiger partial charge >= 0.3 is 21.7 Å². The molecule has 29 heavy (non-hydrogen) atoms. The van der Waals surface area contributed by atoms with E-state index in [9.17, 15) is 0 Å². The third-order valence-electron chi connectivity index (χ3n) is 7.42. The molecule has 2 saturated carbocycles. The Balaban J connectivity index is 0. The quantitative estimate of drug-likeness (QED) is 0.293. The van der Waals surface area contributed by atoms with Crippen LogP contribution in [-0.4, -0.2) is 37.8 Å². The fourth-order valence-corrected chi connectivity index (χ4v) is 11.9. The summed E-state index contributed by atoms with van der Waals surface area (Å²) in [6, 6.07) is 2.34. The van der Waals surface area contributed by atoms with Crippen molar-refractivity contribution in [2.45, 2.75) is 115 Å². The van der Waals surface area contributed by atoms with Crippen LogP contribution in [0.1, 0.15) is 85.5 Å². The summed E-state index contributed by atoms with van der Waals surface area (Å²) in [6.45, 7) is 14.8. The minimum absolute atomic E-state index is 0. The van der Waals surface area contributed by atoms with Crippen molar-refractivity contribution in [2.75, 3.05) is 13.1 Å². The number of rotatable bonds is 6. The molecule has 3 rings (SSSR count). The Bertz CT molecular complexity index is 433. The fourth-order valence-electron chi connectivity index (χ4n) is 6.61. The Kier molecular flexibility index (Phi) is 14.8. The van der Waals surface area contributed by atoms with Crippen molar-refractivity contribution in [1.82, 2.24) is 4.90 Å². The third kappa shape index (κ3) is 7.74. The second-order valence-electron chi connectivity index (χ2n) is 10.5. The Morgan fingerprint density at radius 1 is 0.931 bits per heavy atom. The van der Waals surface area contributed by atoms with Crippen LogP contribution in [0.2, 0.25) is 18.1 Å². The summed E-state index contributed by atoms with van der Waals surface area (Å²) in [6.07, 6.45) is 13.1. The number of hydrogen-bond donors (Lipinski definition) is 0. The summed E-state index contributed by atoms with van der Waals surface area (Å²) >= 11 is 0. The van der Waals surface area contributed by atoms with Crippen molar-refractivity contribution in [1.29, 1.82) is 0 Å². The van der Waals surface area contributed by atoms with Crippen LogP contribution in [0.25, 0.3) is 4.98 Å². The molecule has 3 aliphatic rings. The van der Waals surface area contributed by atoms with Gasteiger partial charge in [0.05, 0.1) is 0 Å². The van der Waals surface area contributed by atoms with E-state index in [0.717, 1.165) is 23.4 Å². The van der Waals surface area contributed by atoms with Crippen LogP contribution in [0, 0.1) is 34.1 Å². The topological polar surface area (TPSA) is 17.3 Å². The first-order valence-electron chi connectivity index (χ1n) is 11.3. The molecular weight excluding hydrogens is 404 g/mol. The first kappa shape index (κ1) is 32.0. The molecule has 0 aromatic rings. The zero-order valence-electron chi connectivity index (χ0n) is 21.2. The number of unbranched alkanes of at least 4 members (excludes halogenated alkanes) is 1. The van der Waals surface area contributed by atoms with Gasteiger partial charge in [-0.1, -0.05) is 86.2 Å². The second kappa shape index (κ2) is 13.4. The van der Waals surface area contributed by atoms with E-state index in [2.05, 4.69) is 39.1 Å². The van der Waals surface area contributed by atoms with Crippen molar-refractivity contribution in [3.8, 4) is 0 Å². The van der Waals surface area contributed by atoms with E-state index < -0.39 is 8.24 Å². The Labute approximate surface area is 201 Å². The predicted molar refractivity (Wildman–Crippen MR) is 132 cm³/mol. The van der Waals surface area contributed by atoms with Crippen LogP contribution in [-0.2, 0) is 21.7 Å². The summed E-state index contributed by atoms with van der Waals surface area (Å²) < 4.78 is 0. The van der Waals surface area contributed by atoms with Crippen LogP contribution in [0.3, 0.4) is 0 Å². The Hall–Kier alpha value is 0.851. The molecule has 5 atom stereocenters. The Morgan fingerprint density at radius 2 is 1.48 bits per heavy atom. The number of likely N-dealkylation sites (tertiary alicyclic amines) is 1. The van der Waals surface area contributed by atoms with Gasteiger partial charge in [-0.3, -0.25) is 0 Å². The molecule has 4 heteroatoms. The van der Waals surface area contributed by atoms with E-state index in [1.807, 2.05) is 0 Å². The predicted octanol–water partition coefficient (Wildman–Crippen LogP) is 7.93. The van der Waals surface area contributed by atoms with Crippen molar-refractivity contribution in [3.63, 3.8) is 0 Å². The van der Waals surface area contributed by atoms with Gasteiger partial charge in [0.25, 0.3) is 0 Å². The minimum atomic E-state index is -1.58. The van der Waals surface area contributed by atoms with Crippen molar-refractivity contribution < 1.29 is 21.7 Å². The molecule has 2 aliphatic carbocycles. The molecule has 170 valence electrons. The molecule has 1 saturated heterocycles. The molecule has 1 aliphatic heterocycles. The van der Waals surface area contributed by atoms with E-state index >= 15 is 0 Å². The number of fused-ring (bicyclic) bond motifs is 1. The second-order valence-corrected chi connectivity index (χ2v) is 14.7. The number of nitrogens with zero attached hydrogens (tertiary/aromatic N) is 2. The smallest absolute Gasteiger partial charge is 0.659 e. The zero-order valence-corrected chi connectivity index (χ0v) is 23.8. The summed E-state index contributed by atoms with van der Waals surface area (Å²) in [4.78, 5) is 8.53. The van der Waals surface area contributed by atoms with Crippen LogP contribution >= 0.6 is 0 Å². The molecule has 0 aromatic carbocycles. The minimum Gasteiger partial charge on any atom is -0.659 e. The summed E-state index contributed by atoms with van der Waals surface area (Å²) in [7, 11) is -1.58. The van der Waals surface area contributed by atoms with Gasteiger partial charge < -0.3 is 32.2 Å². The van der Waals surface area contributed by atoms with Gasteiger partial charge in [0.2, 0.25) is 0 Å². The van der Waals surface area contributed by atoms with E-state index in [1.54, 1.807) is 0 Å². The van der Waals surface area contributed by atoms with Crippen LogP contribution in [0.4, 0.5) is 0 Å². The van der Waals surface area contributed by atoms with Crippen LogP contribution < -0.4 is 0 Å². The first-order valence-corrected chi connectivity index (χ1v) is 14.1. The SMILES string of the molecule is CCCC[Si](C)([N-]C(C)(C)C)C1CC(N2CCCC2)C2CCCCC21.[CH3-].[CH3-].[CH3-].[Ti+4]. The van der Waals surface area contributed by atoms with Crippen molar-refractivity contribution in [3.05, 3.63) is 27.3 Å². The molecule has 5 unspecified atom stereocenters. The van der Waals surface area contributed by atoms with Gasteiger partial charge in [-0.15, -0.1) is 5.54 Å². The molecule has 3 fully saturated rings. The standard InChI is InChI=1S/C22H43N2Si.3CH3.Ti/c1-6-7-16-25(5,23-22(2,3)4)21-17-20(24-14-10-11-15-24)18-12-8-9-13-19(18)21;;;;/h18-21H,6-17H2,1-5H3;3*1H3;/q4*-1;+4. The van der Waals surface area contributed by atoms with Gasteiger partial charge in [-0.25, -0.2) is 0 Å². The van der Waals surface area contributed by atoms with Gasteiger partial charge in [-0.2, -0.15) is 0 Å². The van der Waals surface area contributed by atoms with Gasteiger partial charge in [-0.05, 0) is 50.6 Å². The summed E-state index contributed by atoms with van der Waals surface area (Å²) in [5, 5.41) is 0. The van der Waals surface area contributed by atoms with Gasteiger partial charge in [0.15, 0.2) is 0 Å². The first-order chi connectivity index (χ1) is 11.8. The Morgan fingerprint density at radius 3 is 2.00 bits per heavy atom. The monoisotopic (exact) mass is 456 g/mol. The molecule has 0 spiro atoms. The van der Waals surface area contributed by atoms with Crippen molar-refractivity contribution in [2.24, 2.45) is 11.8 Å². The molecule has 0 amide bonds. The van der Waals surface area contributed by atoms with Crippen LogP contribution in [0.15, 0.2) is 0 Å². The van der Waals surface area contributed by atoms with E-state index in [0.29, 0.717) is 0 Å². The molecule has 1 heterocycles. The summed E-state index contributed by atoms with van der Waals surface area (Å²) in [5.74, 6) is 2.00. The molecule has 0 radical (unpaired) electrons. The number of hydrogen-bond acceptors (Lipinski definition) is 1.